The number of nitrogens with one attached hydrogen (secondary N) is 2. The molecule has 3 aromatic rings. The van der Waals surface area contributed by atoms with Gasteiger partial charge in [-0.3, -0.25) is 9.59 Å². The molecule has 0 spiro atoms. The first-order valence-electron chi connectivity index (χ1n) is 8.77. The lowest BCUT2D eigenvalue weighted by molar-refractivity contribution is -0.123. The Balaban J connectivity index is 1.53. The Hall–Kier alpha value is -3.94. The van der Waals surface area contributed by atoms with E-state index in [4.69, 9.17) is 9.15 Å². The maximum Gasteiger partial charge on any atom is 0.336 e. The number of hydrazone groups is 1. The second kappa shape index (κ2) is 8.83. The lowest BCUT2D eigenvalue weighted by Gasteiger charge is -2.06. The van der Waals surface area contributed by atoms with E-state index in [2.05, 4.69) is 15.8 Å². The van der Waals surface area contributed by atoms with Crippen molar-refractivity contribution in [3.8, 4) is 5.75 Å². The van der Waals surface area contributed by atoms with Gasteiger partial charge in [-0.1, -0.05) is 12.1 Å². The second-order valence-corrected chi connectivity index (χ2v) is 6.29. The van der Waals surface area contributed by atoms with E-state index in [0.717, 1.165) is 16.5 Å². The maximum atomic E-state index is 11.9. The fraction of sp³-hybridized carbons (Fsp3) is 0.143. The highest BCUT2D eigenvalue weighted by Gasteiger charge is 2.06. The van der Waals surface area contributed by atoms with Crippen LogP contribution >= 0.6 is 0 Å². The quantitative estimate of drug-likeness (QED) is 0.380. The molecule has 0 radical (unpaired) electrons. The summed E-state index contributed by atoms with van der Waals surface area (Å²) in [6.07, 6.45) is 1.48. The van der Waals surface area contributed by atoms with Gasteiger partial charge >= 0.3 is 5.63 Å². The number of rotatable bonds is 6. The minimum atomic E-state index is -0.443. The van der Waals surface area contributed by atoms with Crippen LogP contribution in [0.3, 0.4) is 0 Å². The van der Waals surface area contributed by atoms with Crippen molar-refractivity contribution in [2.75, 3.05) is 11.9 Å². The molecule has 29 heavy (non-hydrogen) atoms. The summed E-state index contributed by atoms with van der Waals surface area (Å²) in [5.74, 6) is -0.191. The predicted molar refractivity (Wildman–Crippen MR) is 109 cm³/mol. The summed E-state index contributed by atoms with van der Waals surface area (Å²) in [5.41, 5.74) is 4.55. The molecule has 0 aliphatic heterocycles. The van der Waals surface area contributed by atoms with Gasteiger partial charge in [-0.2, -0.15) is 5.10 Å². The summed E-state index contributed by atoms with van der Waals surface area (Å²) in [7, 11) is 0. The van der Waals surface area contributed by atoms with Crippen LogP contribution in [0.1, 0.15) is 18.1 Å². The van der Waals surface area contributed by atoms with Gasteiger partial charge in [-0.15, -0.1) is 0 Å². The molecule has 2 aromatic carbocycles. The van der Waals surface area contributed by atoms with E-state index >= 15 is 0 Å². The van der Waals surface area contributed by atoms with Crippen LogP contribution in [0.25, 0.3) is 11.0 Å². The largest absolute Gasteiger partial charge is 0.484 e. The van der Waals surface area contributed by atoms with Gasteiger partial charge in [-0.25, -0.2) is 10.2 Å². The number of benzene rings is 2. The molecule has 0 aliphatic rings. The van der Waals surface area contributed by atoms with Gasteiger partial charge in [0.25, 0.3) is 5.91 Å². The lowest BCUT2D eigenvalue weighted by atomic mass is 10.1. The number of hydrogen-bond donors (Lipinski definition) is 2. The molecule has 148 valence electrons. The zero-order valence-corrected chi connectivity index (χ0v) is 15.9. The van der Waals surface area contributed by atoms with Crippen molar-refractivity contribution in [3.05, 3.63) is 70.1 Å². The minimum Gasteiger partial charge on any atom is -0.484 e. The van der Waals surface area contributed by atoms with Gasteiger partial charge in [0.15, 0.2) is 6.61 Å². The van der Waals surface area contributed by atoms with Crippen LogP contribution in [-0.2, 0) is 9.59 Å². The van der Waals surface area contributed by atoms with E-state index in [0.29, 0.717) is 17.0 Å². The van der Waals surface area contributed by atoms with E-state index < -0.39 is 11.5 Å². The fourth-order valence-electron chi connectivity index (χ4n) is 2.61. The molecule has 0 aliphatic carbocycles. The van der Waals surface area contributed by atoms with Crippen LogP contribution in [0.4, 0.5) is 5.69 Å². The fourth-order valence-corrected chi connectivity index (χ4v) is 2.61. The zero-order chi connectivity index (χ0) is 20.8. The number of nitrogens with zero attached hydrogens (tertiary/aromatic N) is 1. The first-order chi connectivity index (χ1) is 13.9. The number of amides is 2. The smallest absolute Gasteiger partial charge is 0.336 e. The van der Waals surface area contributed by atoms with Gasteiger partial charge in [0, 0.05) is 30.1 Å². The van der Waals surface area contributed by atoms with Crippen LogP contribution in [0.15, 0.2) is 62.8 Å². The topological polar surface area (TPSA) is 110 Å². The third-order valence-electron chi connectivity index (χ3n) is 3.93. The normalized spacial score (nSPS) is 10.8. The molecule has 1 aromatic heterocycles. The number of hydrogen-bond acceptors (Lipinski definition) is 6. The highest BCUT2D eigenvalue weighted by atomic mass is 16.5. The van der Waals surface area contributed by atoms with Crippen molar-refractivity contribution < 1.29 is 18.7 Å². The summed E-state index contributed by atoms with van der Waals surface area (Å²) < 4.78 is 10.6. The van der Waals surface area contributed by atoms with Crippen molar-refractivity contribution in [1.82, 2.24) is 5.43 Å². The molecule has 0 saturated carbocycles. The Kier molecular flexibility index (Phi) is 6.03. The van der Waals surface area contributed by atoms with E-state index in [1.807, 2.05) is 6.92 Å². The summed E-state index contributed by atoms with van der Waals surface area (Å²) in [6.45, 7) is 3.00. The van der Waals surface area contributed by atoms with Gasteiger partial charge in [0.1, 0.15) is 11.3 Å². The van der Waals surface area contributed by atoms with Crippen molar-refractivity contribution in [2.45, 2.75) is 13.8 Å². The third-order valence-corrected chi connectivity index (χ3v) is 3.93. The number of aryl methyl sites for hydroxylation is 1. The second-order valence-electron chi connectivity index (χ2n) is 6.29. The maximum absolute atomic E-state index is 11.9. The SMILES string of the molecule is CC(=O)Nc1ccc(/C=N\NC(=O)COc2ccc3c(C)cc(=O)oc3c2)cc1. The Morgan fingerprint density at radius 1 is 1.14 bits per heavy atom. The minimum absolute atomic E-state index is 0.151. The predicted octanol–water partition coefficient (Wildman–Crippen LogP) is 2.59. The Labute approximate surface area is 166 Å². The molecule has 8 heteroatoms. The molecule has 0 unspecified atom stereocenters. The number of carbonyl (C=O) groups excluding carboxylic acids is 2. The van der Waals surface area contributed by atoms with E-state index in [-0.39, 0.29) is 12.5 Å². The van der Waals surface area contributed by atoms with E-state index in [1.165, 1.54) is 19.2 Å². The van der Waals surface area contributed by atoms with Crippen LogP contribution in [0.2, 0.25) is 0 Å². The van der Waals surface area contributed by atoms with Gasteiger partial charge in [0.05, 0.1) is 6.21 Å². The number of fused-ring (bicyclic) bond motifs is 1. The monoisotopic (exact) mass is 393 g/mol. The van der Waals surface area contributed by atoms with Crippen molar-refractivity contribution in [3.63, 3.8) is 0 Å². The summed E-state index contributed by atoms with van der Waals surface area (Å²) >= 11 is 0. The highest BCUT2D eigenvalue weighted by molar-refractivity contribution is 5.89. The van der Waals surface area contributed by atoms with Gasteiger partial charge in [0.2, 0.25) is 5.91 Å². The molecule has 1 heterocycles. The molecule has 8 nitrogen and oxygen atoms in total. The molecule has 2 amide bonds. The van der Waals surface area contributed by atoms with E-state index in [9.17, 15) is 14.4 Å². The molecule has 0 saturated heterocycles. The van der Waals surface area contributed by atoms with Crippen LogP contribution in [0, 0.1) is 6.92 Å². The van der Waals surface area contributed by atoms with Crippen molar-refractivity contribution >= 4 is 34.7 Å². The summed E-state index contributed by atoms with van der Waals surface area (Å²) in [5, 5.41) is 7.33. The van der Waals surface area contributed by atoms with Gasteiger partial charge < -0.3 is 14.5 Å². The molecule has 0 bridgehead atoms. The molecule has 0 atom stereocenters. The zero-order valence-electron chi connectivity index (χ0n) is 15.9. The van der Waals surface area contributed by atoms with Crippen LogP contribution in [0.5, 0.6) is 5.75 Å². The number of anilines is 1. The lowest BCUT2D eigenvalue weighted by Crippen LogP contribution is -2.24. The number of ether oxygens (including phenoxy) is 1. The highest BCUT2D eigenvalue weighted by Crippen LogP contribution is 2.22. The molecular formula is C21H19N3O5. The van der Waals surface area contributed by atoms with Crippen LogP contribution < -0.4 is 21.1 Å². The first kappa shape index (κ1) is 19.8. The Morgan fingerprint density at radius 2 is 1.90 bits per heavy atom. The molecule has 0 fully saturated rings. The molecule has 2 N–H and O–H groups in total. The number of carbonyl (C=O) groups is 2. The van der Waals surface area contributed by atoms with Crippen LogP contribution in [-0.4, -0.2) is 24.6 Å². The average molecular weight is 393 g/mol. The Bertz CT molecular complexity index is 1130. The average Bonchev–Trinajstić information content (AvgIpc) is 2.67. The van der Waals surface area contributed by atoms with Crippen molar-refractivity contribution in [2.24, 2.45) is 5.10 Å². The summed E-state index contributed by atoms with van der Waals surface area (Å²) in [6, 6.07) is 13.4. The van der Waals surface area contributed by atoms with E-state index in [1.54, 1.807) is 42.5 Å². The van der Waals surface area contributed by atoms with Gasteiger partial charge in [-0.05, 0) is 42.3 Å². The molecule has 3 rings (SSSR count). The standard InChI is InChI=1S/C21H19N3O5/c1-13-9-21(27)29-19-10-17(7-8-18(13)19)28-12-20(26)24-22-11-15-3-5-16(6-4-15)23-14(2)25/h3-11H,12H2,1-2H3,(H,23,25)(H,24,26)/b22-11-. The molecular weight excluding hydrogens is 374 g/mol. The third kappa shape index (κ3) is 5.52. The Morgan fingerprint density at radius 3 is 2.62 bits per heavy atom. The first-order valence-corrected chi connectivity index (χ1v) is 8.77. The summed E-state index contributed by atoms with van der Waals surface area (Å²) in [4.78, 5) is 34.3. The van der Waals surface area contributed by atoms with Crippen molar-refractivity contribution in [1.29, 1.82) is 0 Å².